The number of piperidine rings is 1. The Morgan fingerprint density at radius 1 is 1.44 bits per heavy atom. The van der Waals surface area contributed by atoms with Gasteiger partial charge in [-0.15, -0.1) is 35.3 Å². The third-order valence-electron chi connectivity index (χ3n) is 4.46. The Morgan fingerprint density at radius 3 is 2.72 bits per heavy atom. The van der Waals surface area contributed by atoms with Gasteiger partial charge in [-0.3, -0.25) is 4.99 Å². The lowest BCUT2D eigenvalue weighted by Crippen LogP contribution is -2.43. The fourth-order valence-electron chi connectivity index (χ4n) is 3.00. The van der Waals surface area contributed by atoms with Gasteiger partial charge < -0.3 is 19.9 Å². The number of likely N-dealkylation sites (tertiary alicyclic amines) is 1. The van der Waals surface area contributed by atoms with E-state index in [1.807, 2.05) is 7.05 Å². The van der Waals surface area contributed by atoms with E-state index >= 15 is 0 Å². The lowest BCUT2D eigenvalue weighted by atomic mass is 9.97. The van der Waals surface area contributed by atoms with Gasteiger partial charge in [0.05, 0.1) is 16.9 Å². The molecule has 1 aliphatic rings. The van der Waals surface area contributed by atoms with Gasteiger partial charge in [-0.2, -0.15) is 0 Å². The first-order chi connectivity index (χ1) is 11.6. The summed E-state index contributed by atoms with van der Waals surface area (Å²) in [5.41, 5.74) is 0. The number of methoxy groups -OCH3 is 1. The van der Waals surface area contributed by atoms with Crippen molar-refractivity contribution in [2.24, 2.45) is 10.9 Å². The van der Waals surface area contributed by atoms with Crippen molar-refractivity contribution >= 4 is 57.2 Å². The van der Waals surface area contributed by atoms with Crippen molar-refractivity contribution in [3.8, 4) is 0 Å². The summed E-state index contributed by atoms with van der Waals surface area (Å²) in [5.74, 6) is 1.70. The molecule has 1 saturated heterocycles. The second kappa shape index (κ2) is 12.5. The number of hydrogen-bond donors (Lipinski definition) is 1. The van der Waals surface area contributed by atoms with Gasteiger partial charge in [0.25, 0.3) is 0 Å². The van der Waals surface area contributed by atoms with Crippen molar-refractivity contribution in [1.82, 2.24) is 15.1 Å². The van der Waals surface area contributed by atoms with Crippen LogP contribution < -0.4 is 5.32 Å². The molecule has 0 bridgehead atoms. The molecule has 0 saturated carbocycles. The third-order valence-corrected chi connectivity index (χ3v) is 6.07. The van der Waals surface area contributed by atoms with Crippen LogP contribution in [0.15, 0.2) is 20.9 Å². The summed E-state index contributed by atoms with van der Waals surface area (Å²) in [6.07, 6.45) is 2.49. The summed E-state index contributed by atoms with van der Waals surface area (Å²) in [6.45, 7) is 6.12. The molecule has 1 aliphatic heterocycles. The number of halogens is 2. The molecular weight excluding hydrogens is 515 g/mol. The predicted octanol–water partition coefficient (Wildman–Crippen LogP) is 3.49. The highest BCUT2D eigenvalue weighted by molar-refractivity contribution is 14.0. The van der Waals surface area contributed by atoms with E-state index in [2.05, 4.69) is 55.2 Å². The average molecular weight is 545 g/mol. The number of thiophene rings is 1. The number of nitrogens with zero attached hydrogens (tertiary/aromatic N) is 3. The fourth-order valence-corrected chi connectivity index (χ4v) is 4.54. The van der Waals surface area contributed by atoms with Crippen LogP contribution in [0.5, 0.6) is 0 Å². The molecule has 0 atom stereocenters. The van der Waals surface area contributed by atoms with Crippen molar-refractivity contribution in [1.29, 1.82) is 0 Å². The van der Waals surface area contributed by atoms with E-state index in [1.54, 1.807) is 18.4 Å². The molecule has 5 nitrogen and oxygen atoms in total. The molecule has 1 N–H and O–H groups in total. The first kappa shape index (κ1) is 23.1. The van der Waals surface area contributed by atoms with Crippen LogP contribution in [0.3, 0.4) is 0 Å². The van der Waals surface area contributed by atoms with Crippen molar-refractivity contribution in [2.75, 3.05) is 54.0 Å². The van der Waals surface area contributed by atoms with Gasteiger partial charge in [0.2, 0.25) is 0 Å². The molecule has 0 spiro atoms. The van der Waals surface area contributed by atoms with Crippen molar-refractivity contribution in [2.45, 2.75) is 19.4 Å². The number of nitrogens with one attached hydrogen (secondary N) is 1. The first-order valence-corrected chi connectivity index (χ1v) is 10.1. The smallest absolute Gasteiger partial charge is 0.193 e. The van der Waals surface area contributed by atoms with E-state index in [-0.39, 0.29) is 24.0 Å². The van der Waals surface area contributed by atoms with E-state index in [4.69, 9.17) is 4.74 Å². The van der Waals surface area contributed by atoms with Crippen molar-refractivity contribution in [3.05, 3.63) is 20.8 Å². The first-order valence-electron chi connectivity index (χ1n) is 8.49. The zero-order valence-electron chi connectivity index (χ0n) is 15.3. The molecule has 8 heteroatoms. The van der Waals surface area contributed by atoms with Crippen LogP contribution >= 0.6 is 51.2 Å². The van der Waals surface area contributed by atoms with Crippen LogP contribution in [0.2, 0.25) is 0 Å². The lowest BCUT2D eigenvalue weighted by molar-refractivity contribution is 0.120. The molecule has 0 radical (unpaired) electrons. The van der Waals surface area contributed by atoms with E-state index in [1.165, 1.54) is 34.6 Å². The Hall–Kier alpha value is 0.1000. The van der Waals surface area contributed by atoms with Crippen molar-refractivity contribution < 1.29 is 4.74 Å². The summed E-state index contributed by atoms with van der Waals surface area (Å²) in [7, 11) is 5.72. The Balaban J connectivity index is 0.00000312. The molecule has 144 valence electrons. The largest absolute Gasteiger partial charge is 0.383 e. The van der Waals surface area contributed by atoms with Crippen LogP contribution in [-0.4, -0.2) is 69.8 Å². The van der Waals surface area contributed by atoms with Gasteiger partial charge in [-0.05, 0) is 59.9 Å². The second-order valence-electron chi connectivity index (χ2n) is 6.27. The molecule has 1 fully saturated rings. The Morgan fingerprint density at radius 2 is 2.16 bits per heavy atom. The minimum Gasteiger partial charge on any atom is -0.383 e. The highest BCUT2D eigenvalue weighted by Gasteiger charge is 2.19. The van der Waals surface area contributed by atoms with Crippen LogP contribution in [0, 0.1) is 5.92 Å². The SMILES string of the molecule is CN=C(NCC1CCN(CCOC)CC1)N(C)Cc1ccc(Br)s1.I. The lowest BCUT2D eigenvalue weighted by Gasteiger charge is -2.32. The number of ether oxygens (including phenoxy) is 1. The van der Waals surface area contributed by atoms with Gasteiger partial charge >= 0.3 is 0 Å². The van der Waals surface area contributed by atoms with Crippen LogP contribution in [0.4, 0.5) is 0 Å². The summed E-state index contributed by atoms with van der Waals surface area (Å²) in [4.78, 5) is 10.4. The van der Waals surface area contributed by atoms with E-state index < -0.39 is 0 Å². The summed E-state index contributed by atoms with van der Waals surface area (Å²) < 4.78 is 6.34. The molecule has 0 aliphatic carbocycles. The standard InChI is InChI=1S/C17H29BrN4OS.HI/c1-19-17(21(2)13-15-4-5-16(18)24-15)20-12-14-6-8-22(9-7-14)10-11-23-3;/h4-5,14H,6-13H2,1-3H3,(H,19,20);1H. The van der Waals surface area contributed by atoms with Gasteiger partial charge in [-0.25, -0.2) is 0 Å². The minimum absolute atomic E-state index is 0. The Labute approximate surface area is 181 Å². The second-order valence-corrected chi connectivity index (χ2v) is 8.82. The maximum Gasteiger partial charge on any atom is 0.193 e. The normalized spacial score (nSPS) is 16.6. The van der Waals surface area contributed by atoms with Gasteiger partial charge in [0, 0.05) is 39.2 Å². The fraction of sp³-hybridized carbons (Fsp3) is 0.706. The summed E-state index contributed by atoms with van der Waals surface area (Å²) >= 11 is 5.30. The van der Waals surface area contributed by atoms with Crippen LogP contribution in [0.25, 0.3) is 0 Å². The number of rotatable bonds is 7. The maximum absolute atomic E-state index is 5.16. The molecule has 1 aromatic heterocycles. The maximum atomic E-state index is 5.16. The molecule has 0 aromatic carbocycles. The molecular formula is C17H30BrIN4OS. The van der Waals surface area contributed by atoms with Crippen LogP contribution in [-0.2, 0) is 11.3 Å². The van der Waals surface area contributed by atoms with E-state index in [0.29, 0.717) is 0 Å². The molecule has 0 unspecified atom stereocenters. The molecule has 2 rings (SSSR count). The highest BCUT2D eigenvalue weighted by Crippen LogP contribution is 2.23. The quantitative estimate of drug-likeness (QED) is 0.324. The van der Waals surface area contributed by atoms with Gasteiger partial charge in [0.1, 0.15) is 0 Å². The zero-order chi connectivity index (χ0) is 17.4. The van der Waals surface area contributed by atoms with Crippen molar-refractivity contribution in [3.63, 3.8) is 0 Å². The van der Waals surface area contributed by atoms with E-state index in [9.17, 15) is 0 Å². The number of guanidine groups is 1. The Kier molecular flexibility index (Phi) is 11.6. The van der Waals surface area contributed by atoms with E-state index in [0.717, 1.165) is 38.1 Å². The predicted molar refractivity (Wildman–Crippen MR) is 121 cm³/mol. The summed E-state index contributed by atoms with van der Waals surface area (Å²) in [5, 5.41) is 3.55. The van der Waals surface area contributed by atoms with Gasteiger partial charge in [0.15, 0.2) is 5.96 Å². The number of aliphatic imine (C=N–C) groups is 1. The minimum atomic E-state index is 0. The van der Waals surface area contributed by atoms with Crippen LogP contribution in [0.1, 0.15) is 17.7 Å². The van der Waals surface area contributed by atoms with Gasteiger partial charge in [-0.1, -0.05) is 0 Å². The Bertz CT molecular complexity index is 521. The molecule has 25 heavy (non-hydrogen) atoms. The molecule has 1 aromatic rings. The monoisotopic (exact) mass is 544 g/mol. The molecule has 0 amide bonds. The average Bonchev–Trinajstić information content (AvgIpc) is 2.99. The zero-order valence-corrected chi connectivity index (χ0v) is 20.1. The number of hydrogen-bond acceptors (Lipinski definition) is 4. The summed E-state index contributed by atoms with van der Waals surface area (Å²) in [6, 6.07) is 4.26. The topological polar surface area (TPSA) is 40.1 Å². The highest BCUT2D eigenvalue weighted by atomic mass is 127. The third kappa shape index (κ3) is 8.11. The molecule has 2 heterocycles.